The van der Waals surface area contributed by atoms with Gasteiger partial charge in [-0.05, 0) is 24.3 Å². The molecule has 1 N–H and O–H groups in total. The minimum Gasteiger partial charge on any atom is -0.367 e. The van der Waals surface area contributed by atoms with E-state index in [1.54, 1.807) is 17.7 Å². The summed E-state index contributed by atoms with van der Waals surface area (Å²) >= 11 is 7.57. The molecule has 3 rings (SSSR count). The molecule has 0 saturated heterocycles. The first-order chi connectivity index (χ1) is 7.33. The molecule has 2 heterocycles. The van der Waals surface area contributed by atoms with E-state index in [9.17, 15) is 0 Å². The first kappa shape index (κ1) is 9.36. The van der Waals surface area contributed by atoms with Gasteiger partial charge in [-0.2, -0.15) is 0 Å². The van der Waals surface area contributed by atoms with Gasteiger partial charge in [0.25, 0.3) is 0 Å². The number of thiophene rings is 1. The number of anilines is 1. The third-order valence-corrected chi connectivity index (χ3v) is 3.86. The van der Waals surface area contributed by atoms with Gasteiger partial charge in [0, 0.05) is 11.4 Å². The Kier molecular flexibility index (Phi) is 2.25. The van der Waals surface area contributed by atoms with Crippen LogP contribution < -0.4 is 5.32 Å². The summed E-state index contributed by atoms with van der Waals surface area (Å²) in [6, 6.07) is 2.53. The molecule has 1 aliphatic carbocycles. The van der Waals surface area contributed by atoms with Crippen molar-refractivity contribution in [1.82, 2.24) is 9.97 Å². The molecule has 0 amide bonds. The van der Waals surface area contributed by atoms with Crippen molar-refractivity contribution >= 4 is 39.0 Å². The fourth-order valence-electron chi connectivity index (χ4n) is 1.76. The van der Waals surface area contributed by atoms with Crippen LogP contribution in [0.5, 0.6) is 0 Å². The monoisotopic (exact) mass is 239 g/mol. The third-order valence-electron chi connectivity index (χ3n) is 2.68. The van der Waals surface area contributed by atoms with Gasteiger partial charge in [0.15, 0.2) is 0 Å². The number of halogens is 1. The Balaban J connectivity index is 1.87. The average molecular weight is 240 g/mol. The number of nitrogens with one attached hydrogen (secondary N) is 1. The molecule has 0 spiro atoms. The van der Waals surface area contributed by atoms with E-state index < -0.39 is 0 Å². The van der Waals surface area contributed by atoms with Gasteiger partial charge < -0.3 is 5.32 Å². The van der Waals surface area contributed by atoms with E-state index in [4.69, 9.17) is 11.6 Å². The van der Waals surface area contributed by atoms with Gasteiger partial charge in [0.05, 0.1) is 5.39 Å². The van der Waals surface area contributed by atoms with Crippen molar-refractivity contribution in [2.75, 3.05) is 5.32 Å². The van der Waals surface area contributed by atoms with Gasteiger partial charge in [-0.3, -0.25) is 0 Å². The fraction of sp³-hybridized carbons (Fsp3) is 0.400. The van der Waals surface area contributed by atoms with Gasteiger partial charge >= 0.3 is 0 Å². The van der Waals surface area contributed by atoms with Crippen molar-refractivity contribution in [3.8, 4) is 0 Å². The van der Waals surface area contributed by atoms with Crippen LogP contribution >= 0.6 is 22.9 Å². The van der Waals surface area contributed by atoms with Crippen LogP contribution in [0, 0.1) is 0 Å². The highest BCUT2D eigenvalue weighted by Crippen LogP contribution is 2.30. The SMILES string of the molecule is ClC1CC(Nc2ncnc3sccc23)C1. The van der Waals surface area contributed by atoms with Crippen LogP contribution in [-0.4, -0.2) is 21.4 Å². The number of alkyl halides is 1. The normalized spacial score (nSPS) is 25.1. The second kappa shape index (κ2) is 3.61. The number of fused-ring (bicyclic) bond motifs is 1. The standard InChI is InChI=1S/C10H10ClN3S/c11-6-3-7(4-6)14-9-8-1-2-15-10(8)13-5-12-9/h1-2,5-7H,3-4H2,(H,12,13,14). The molecule has 1 aliphatic rings. The summed E-state index contributed by atoms with van der Waals surface area (Å²) < 4.78 is 0. The van der Waals surface area contributed by atoms with Crippen LogP contribution in [0.4, 0.5) is 5.82 Å². The molecule has 2 aromatic rings. The molecule has 0 atom stereocenters. The van der Waals surface area contributed by atoms with Crippen LogP contribution in [0.25, 0.3) is 10.2 Å². The van der Waals surface area contributed by atoms with Crippen LogP contribution in [-0.2, 0) is 0 Å². The van der Waals surface area contributed by atoms with Crippen molar-refractivity contribution in [2.45, 2.75) is 24.3 Å². The molecule has 2 aromatic heterocycles. The van der Waals surface area contributed by atoms with Crippen molar-refractivity contribution in [2.24, 2.45) is 0 Å². The maximum Gasteiger partial charge on any atom is 0.138 e. The van der Waals surface area contributed by atoms with E-state index in [2.05, 4.69) is 21.4 Å². The zero-order valence-electron chi connectivity index (χ0n) is 7.98. The first-order valence-electron chi connectivity index (χ1n) is 4.92. The summed E-state index contributed by atoms with van der Waals surface area (Å²) in [6.45, 7) is 0. The van der Waals surface area contributed by atoms with Gasteiger partial charge in [0.2, 0.25) is 0 Å². The predicted octanol–water partition coefficient (Wildman–Crippen LogP) is 2.87. The number of rotatable bonds is 2. The number of hydrogen-bond acceptors (Lipinski definition) is 4. The predicted molar refractivity (Wildman–Crippen MR) is 63.7 cm³/mol. The molecule has 0 radical (unpaired) electrons. The van der Waals surface area contributed by atoms with Crippen LogP contribution in [0.15, 0.2) is 17.8 Å². The molecule has 0 aliphatic heterocycles. The van der Waals surface area contributed by atoms with Crippen LogP contribution in [0.3, 0.4) is 0 Å². The molecule has 0 aromatic carbocycles. The topological polar surface area (TPSA) is 37.8 Å². The molecule has 1 saturated carbocycles. The Morgan fingerprint density at radius 1 is 1.40 bits per heavy atom. The van der Waals surface area contributed by atoms with Crippen LogP contribution in [0.1, 0.15) is 12.8 Å². The van der Waals surface area contributed by atoms with Gasteiger partial charge in [-0.1, -0.05) is 0 Å². The molecular weight excluding hydrogens is 230 g/mol. The molecule has 3 nitrogen and oxygen atoms in total. The van der Waals surface area contributed by atoms with E-state index in [1.807, 2.05) is 5.38 Å². The lowest BCUT2D eigenvalue weighted by Gasteiger charge is -2.32. The Morgan fingerprint density at radius 2 is 2.27 bits per heavy atom. The highest BCUT2D eigenvalue weighted by atomic mass is 35.5. The lowest BCUT2D eigenvalue weighted by atomic mass is 9.92. The van der Waals surface area contributed by atoms with E-state index in [1.165, 1.54) is 0 Å². The summed E-state index contributed by atoms with van der Waals surface area (Å²) in [5.41, 5.74) is 0. The molecule has 15 heavy (non-hydrogen) atoms. The van der Waals surface area contributed by atoms with E-state index in [0.717, 1.165) is 28.9 Å². The Morgan fingerprint density at radius 3 is 3.07 bits per heavy atom. The quantitative estimate of drug-likeness (QED) is 0.819. The van der Waals surface area contributed by atoms with Crippen molar-refractivity contribution in [3.63, 3.8) is 0 Å². The number of nitrogens with zero attached hydrogens (tertiary/aromatic N) is 2. The van der Waals surface area contributed by atoms with E-state index in [-0.39, 0.29) is 0 Å². The summed E-state index contributed by atoms with van der Waals surface area (Å²) in [7, 11) is 0. The van der Waals surface area contributed by atoms with E-state index >= 15 is 0 Å². The Hall–Kier alpha value is -0.870. The zero-order chi connectivity index (χ0) is 10.3. The summed E-state index contributed by atoms with van der Waals surface area (Å²) in [5, 5.41) is 6.89. The summed E-state index contributed by atoms with van der Waals surface area (Å²) in [5.74, 6) is 0.940. The average Bonchev–Trinajstić information content (AvgIpc) is 2.64. The Labute approximate surface area is 96.5 Å². The van der Waals surface area contributed by atoms with E-state index in [0.29, 0.717) is 11.4 Å². The van der Waals surface area contributed by atoms with Crippen molar-refractivity contribution < 1.29 is 0 Å². The second-order valence-corrected chi connectivity index (χ2v) is 5.28. The second-order valence-electron chi connectivity index (χ2n) is 3.77. The molecule has 0 bridgehead atoms. The first-order valence-corrected chi connectivity index (χ1v) is 6.23. The summed E-state index contributed by atoms with van der Waals surface area (Å²) in [6.07, 6.45) is 3.66. The van der Waals surface area contributed by atoms with Crippen molar-refractivity contribution in [3.05, 3.63) is 17.8 Å². The Bertz CT molecular complexity index is 478. The van der Waals surface area contributed by atoms with Gasteiger partial charge in [-0.25, -0.2) is 9.97 Å². The zero-order valence-corrected chi connectivity index (χ0v) is 9.55. The maximum absolute atomic E-state index is 5.94. The molecule has 78 valence electrons. The molecule has 0 unspecified atom stereocenters. The fourth-order valence-corrected chi connectivity index (χ4v) is 2.93. The smallest absolute Gasteiger partial charge is 0.138 e. The lowest BCUT2D eigenvalue weighted by Crippen LogP contribution is -2.36. The third kappa shape index (κ3) is 1.68. The van der Waals surface area contributed by atoms with Crippen LogP contribution in [0.2, 0.25) is 0 Å². The van der Waals surface area contributed by atoms with Gasteiger partial charge in [0.1, 0.15) is 17.0 Å². The largest absolute Gasteiger partial charge is 0.367 e. The lowest BCUT2D eigenvalue weighted by molar-refractivity contribution is 0.454. The maximum atomic E-state index is 5.94. The highest BCUT2D eigenvalue weighted by Gasteiger charge is 2.27. The highest BCUT2D eigenvalue weighted by molar-refractivity contribution is 7.16. The summed E-state index contributed by atoms with van der Waals surface area (Å²) in [4.78, 5) is 9.51. The molecule has 1 fully saturated rings. The molecule has 5 heteroatoms. The number of hydrogen-bond donors (Lipinski definition) is 1. The number of aromatic nitrogens is 2. The minimum absolute atomic E-state index is 0.335. The van der Waals surface area contributed by atoms with Crippen molar-refractivity contribution in [1.29, 1.82) is 0 Å². The molecular formula is C10H10ClN3S. The van der Waals surface area contributed by atoms with Gasteiger partial charge in [-0.15, -0.1) is 22.9 Å². The minimum atomic E-state index is 0.335.